The minimum absolute atomic E-state index is 0.0705. The Kier molecular flexibility index (Phi) is 4.75. The molecule has 0 radical (unpaired) electrons. The first-order valence-corrected chi connectivity index (χ1v) is 8.76. The van der Waals surface area contributed by atoms with Crippen molar-refractivity contribution in [2.45, 2.75) is 38.7 Å². The number of hydrogen-bond acceptors (Lipinski definition) is 5. The monoisotopic (exact) mass is 309 g/mol. The zero-order valence-electron chi connectivity index (χ0n) is 12.5. The van der Waals surface area contributed by atoms with E-state index < -0.39 is 0 Å². The van der Waals surface area contributed by atoms with Gasteiger partial charge in [-0.3, -0.25) is 4.79 Å². The largest absolute Gasteiger partial charge is 0.378 e. The van der Waals surface area contributed by atoms with Gasteiger partial charge in [-0.2, -0.15) is 0 Å². The van der Waals surface area contributed by atoms with Crippen LogP contribution in [0.15, 0.2) is 5.38 Å². The summed E-state index contributed by atoms with van der Waals surface area (Å²) in [7, 11) is 0. The second-order valence-corrected chi connectivity index (χ2v) is 6.61. The van der Waals surface area contributed by atoms with Crippen molar-refractivity contribution in [2.75, 3.05) is 31.6 Å². The Balaban J connectivity index is 1.54. The van der Waals surface area contributed by atoms with Gasteiger partial charge in [-0.05, 0) is 38.5 Å². The highest BCUT2D eigenvalue weighted by Crippen LogP contribution is 2.29. The van der Waals surface area contributed by atoms with Gasteiger partial charge in [0.25, 0.3) is 5.91 Å². The Hall–Kier alpha value is -1.14. The molecule has 2 fully saturated rings. The number of piperidine rings is 1. The number of nitrogens with zero attached hydrogens (tertiary/aromatic N) is 2. The maximum atomic E-state index is 12.5. The number of anilines is 1. The highest BCUT2D eigenvalue weighted by molar-refractivity contribution is 7.13. The molecule has 21 heavy (non-hydrogen) atoms. The molecule has 0 bridgehead atoms. The van der Waals surface area contributed by atoms with Crippen molar-refractivity contribution in [3.05, 3.63) is 11.1 Å². The van der Waals surface area contributed by atoms with Gasteiger partial charge in [0.1, 0.15) is 5.69 Å². The highest BCUT2D eigenvalue weighted by Gasteiger charge is 2.31. The van der Waals surface area contributed by atoms with Crippen LogP contribution in [0.5, 0.6) is 0 Å². The lowest BCUT2D eigenvalue weighted by molar-refractivity contribution is 0.0289. The molecule has 0 aromatic carbocycles. The highest BCUT2D eigenvalue weighted by atomic mass is 32.1. The molecule has 6 heteroatoms. The average Bonchev–Trinajstić information content (AvgIpc) is 3.19. The molecule has 1 aromatic heterocycles. The van der Waals surface area contributed by atoms with Crippen molar-refractivity contribution in [3.8, 4) is 0 Å². The zero-order chi connectivity index (χ0) is 14.7. The number of nitrogens with one attached hydrogen (secondary N) is 1. The summed E-state index contributed by atoms with van der Waals surface area (Å²) in [6, 6.07) is 0. The van der Waals surface area contributed by atoms with Gasteiger partial charge in [0.2, 0.25) is 0 Å². The minimum Gasteiger partial charge on any atom is -0.378 e. The van der Waals surface area contributed by atoms with Gasteiger partial charge >= 0.3 is 0 Å². The number of thiazole rings is 1. The Labute approximate surface area is 129 Å². The van der Waals surface area contributed by atoms with E-state index >= 15 is 0 Å². The minimum atomic E-state index is 0.0705. The summed E-state index contributed by atoms with van der Waals surface area (Å²) in [5.41, 5.74) is 0.575. The molecule has 3 heterocycles. The van der Waals surface area contributed by atoms with Crippen LogP contribution in [0.25, 0.3) is 0 Å². The molecule has 2 saturated heterocycles. The summed E-state index contributed by atoms with van der Waals surface area (Å²) in [5.74, 6) is 0.700. The quantitative estimate of drug-likeness (QED) is 0.929. The molecule has 1 atom stereocenters. The Bertz CT molecular complexity index is 477. The van der Waals surface area contributed by atoms with Crippen LogP contribution in [0.1, 0.15) is 43.1 Å². The molecule has 0 aliphatic carbocycles. The number of aromatic nitrogens is 1. The van der Waals surface area contributed by atoms with E-state index in [-0.39, 0.29) is 5.91 Å². The summed E-state index contributed by atoms with van der Waals surface area (Å²) >= 11 is 1.50. The van der Waals surface area contributed by atoms with Gasteiger partial charge in [0.15, 0.2) is 5.13 Å². The van der Waals surface area contributed by atoms with Gasteiger partial charge in [-0.15, -0.1) is 11.3 Å². The molecular formula is C15H23N3O2S. The molecule has 3 rings (SSSR count). The van der Waals surface area contributed by atoms with Crippen LogP contribution in [0.3, 0.4) is 0 Å². The summed E-state index contributed by atoms with van der Waals surface area (Å²) in [4.78, 5) is 18.8. The van der Waals surface area contributed by atoms with Crippen molar-refractivity contribution in [2.24, 2.45) is 5.92 Å². The molecule has 1 N–H and O–H groups in total. The summed E-state index contributed by atoms with van der Waals surface area (Å²) in [5, 5.41) is 5.83. The van der Waals surface area contributed by atoms with E-state index in [0.717, 1.165) is 44.2 Å². The van der Waals surface area contributed by atoms with Gasteiger partial charge in [-0.25, -0.2) is 4.98 Å². The number of carbonyl (C=O) groups is 1. The molecule has 1 amide bonds. The van der Waals surface area contributed by atoms with Gasteiger partial charge in [0.05, 0.1) is 6.10 Å². The number of likely N-dealkylation sites (tertiary alicyclic amines) is 1. The molecule has 1 aromatic rings. The zero-order valence-corrected chi connectivity index (χ0v) is 13.3. The maximum Gasteiger partial charge on any atom is 0.273 e. The molecule has 2 aliphatic rings. The summed E-state index contributed by atoms with van der Waals surface area (Å²) in [6.07, 6.45) is 4.93. The van der Waals surface area contributed by atoms with Gasteiger partial charge < -0.3 is 15.0 Å². The first kappa shape index (κ1) is 14.8. The maximum absolute atomic E-state index is 12.5. The van der Waals surface area contributed by atoms with Crippen LogP contribution in [0, 0.1) is 5.92 Å². The van der Waals surface area contributed by atoms with E-state index in [1.807, 2.05) is 17.2 Å². The molecule has 1 unspecified atom stereocenters. The molecule has 116 valence electrons. The predicted octanol–water partition coefficient (Wildman–Crippen LogP) is 2.61. The topological polar surface area (TPSA) is 54.5 Å². The average molecular weight is 309 g/mol. The van der Waals surface area contributed by atoms with Crippen LogP contribution >= 0.6 is 11.3 Å². The number of rotatable bonds is 4. The number of carbonyl (C=O) groups excluding carboxylic acids is 1. The van der Waals surface area contributed by atoms with Crippen molar-refractivity contribution < 1.29 is 9.53 Å². The lowest BCUT2D eigenvalue weighted by Crippen LogP contribution is -2.41. The van der Waals surface area contributed by atoms with E-state index in [4.69, 9.17) is 4.74 Å². The molecule has 5 nitrogen and oxygen atoms in total. The summed E-state index contributed by atoms with van der Waals surface area (Å²) < 4.78 is 5.78. The van der Waals surface area contributed by atoms with Crippen LogP contribution < -0.4 is 5.32 Å². The molecular weight excluding hydrogens is 286 g/mol. The summed E-state index contributed by atoms with van der Waals surface area (Å²) in [6.45, 7) is 5.43. The Morgan fingerprint density at radius 3 is 2.95 bits per heavy atom. The van der Waals surface area contributed by atoms with E-state index in [9.17, 15) is 4.79 Å². The van der Waals surface area contributed by atoms with E-state index in [0.29, 0.717) is 17.7 Å². The number of ether oxygens (including phenoxy) is 1. The molecule has 0 saturated carbocycles. The smallest absolute Gasteiger partial charge is 0.273 e. The van der Waals surface area contributed by atoms with Crippen LogP contribution in [-0.4, -0.2) is 48.1 Å². The van der Waals surface area contributed by atoms with Crippen molar-refractivity contribution in [3.63, 3.8) is 0 Å². The first-order chi connectivity index (χ1) is 10.3. The fraction of sp³-hybridized carbons (Fsp3) is 0.733. The lowest BCUT2D eigenvalue weighted by Gasteiger charge is -2.34. The predicted molar refractivity (Wildman–Crippen MR) is 83.9 cm³/mol. The third kappa shape index (κ3) is 3.37. The third-order valence-corrected chi connectivity index (χ3v) is 5.17. The SMILES string of the molecule is CCNc1nc(C(=O)N2CCC(C3CCCO3)CC2)cs1. The lowest BCUT2D eigenvalue weighted by atomic mass is 9.90. The first-order valence-electron chi connectivity index (χ1n) is 7.88. The fourth-order valence-electron chi connectivity index (χ4n) is 3.22. The molecule has 2 aliphatic heterocycles. The number of amides is 1. The van der Waals surface area contributed by atoms with Crippen molar-refractivity contribution >= 4 is 22.4 Å². The van der Waals surface area contributed by atoms with Crippen LogP contribution in [0.2, 0.25) is 0 Å². The van der Waals surface area contributed by atoms with E-state index in [2.05, 4.69) is 10.3 Å². The normalized spacial score (nSPS) is 23.5. The van der Waals surface area contributed by atoms with Crippen molar-refractivity contribution in [1.29, 1.82) is 0 Å². The van der Waals surface area contributed by atoms with Gasteiger partial charge in [-0.1, -0.05) is 0 Å². The Morgan fingerprint density at radius 2 is 2.29 bits per heavy atom. The second kappa shape index (κ2) is 6.75. The van der Waals surface area contributed by atoms with Crippen LogP contribution in [0.4, 0.5) is 5.13 Å². The van der Waals surface area contributed by atoms with Gasteiger partial charge in [0, 0.05) is 31.6 Å². The molecule has 0 spiro atoms. The number of hydrogen-bond donors (Lipinski definition) is 1. The van der Waals surface area contributed by atoms with E-state index in [1.165, 1.54) is 24.2 Å². The standard InChI is InChI=1S/C15H23N3O2S/c1-2-16-15-17-12(10-21-15)14(19)18-7-5-11(6-8-18)13-4-3-9-20-13/h10-11,13H,2-9H2,1H3,(H,16,17). The van der Waals surface area contributed by atoms with Crippen molar-refractivity contribution in [1.82, 2.24) is 9.88 Å². The second-order valence-electron chi connectivity index (χ2n) is 5.75. The van der Waals surface area contributed by atoms with Crippen LogP contribution in [-0.2, 0) is 4.74 Å². The van der Waals surface area contributed by atoms with E-state index in [1.54, 1.807) is 0 Å². The Morgan fingerprint density at radius 1 is 1.48 bits per heavy atom. The fourth-order valence-corrected chi connectivity index (χ4v) is 3.97. The third-order valence-electron chi connectivity index (χ3n) is 4.37.